The van der Waals surface area contributed by atoms with Crippen molar-refractivity contribution in [2.24, 2.45) is 5.92 Å². The second kappa shape index (κ2) is 10.3. The fourth-order valence-electron chi connectivity index (χ4n) is 3.21. The highest BCUT2D eigenvalue weighted by Gasteiger charge is 2.17. The van der Waals surface area contributed by atoms with Gasteiger partial charge in [0.15, 0.2) is 0 Å². The average Bonchev–Trinajstić information content (AvgIpc) is 2.73. The van der Waals surface area contributed by atoms with Crippen molar-refractivity contribution in [1.29, 1.82) is 0 Å². The van der Waals surface area contributed by atoms with Gasteiger partial charge < -0.3 is 10.1 Å². The van der Waals surface area contributed by atoms with Crippen LogP contribution in [-0.4, -0.2) is 5.91 Å². The number of carbonyl (C=O) groups is 1. The van der Waals surface area contributed by atoms with Gasteiger partial charge >= 0.3 is 0 Å². The van der Waals surface area contributed by atoms with Crippen molar-refractivity contribution in [3.8, 4) is 5.75 Å². The Morgan fingerprint density at radius 3 is 2.47 bits per heavy atom. The van der Waals surface area contributed by atoms with Gasteiger partial charge in [0.1, 0.15) is 18.2 Å². The summed E-state index contributed by atoms with van der Waals surface area (Å²) in [6, 6.07) is 20.7. The monoisotopic (exact) mass is 425 g/mol. The number of rotatable bonds is 8. The van der Waals surface area contributed by atoms with Crippen LogP contribution in [0.1, 0.15) is 47.8 Å². The van der Waals surface area contributed by atoms with Crippen LogP contribution in [0.2, 0.25) is 5.02 Å². The summed E-state index contributed by atoms with van der Waals surface area (Å²) in [5.74, 6) is 0.502. The second-order valence-corrected chi connectivity index (χ2v) is 8.03. The van der Waals surface area contributed by atoms with E-state index in [1.54, 1.807) is 30.3 Å². The van der Waals surface area contributed by atoms with E-state index in [1.807, 2.05) is 30.3 Å². The molecule has 1 amide bonds. The maximum Gasteiger partial charge on any atom is 0.251 e. The van der Waals surface area contributed by atoms with E-state index in [9.17, 15) is 9.18 Å². The van der Waals surface area contributed by atoms with Crippen LogP contribution in [-0.2, 0) is 6.61 Å². The first-order valence-electron chi connectivity index (χ1n) is 9.95. The molecule has 0 bridgehead atoms. The van der Waals surface area contributed by atoms with E-state index in [0.29, 0.717) is 28.9 Å². The first-order valence-corrected chi connectivity index (χ1v) is 10.3. The van der Waals surface area contributed by atoms with Crippen LogP contribution in [0.5, 0.6) is 5.75 Å². The largest absolute Gasteiger partial charge is 0.487 e. The van der Waals surface area contributed by atoms with Crippen LogP contribution in [0.3, 0.4) is 0 Å². The molecule has 3 aromatic carbocycles. The number of halogens is 2. The summed E-state index contributed by atoms with van der Waals surface area (Å²) in [5, 5.41) is 3.63. The Morgan fingerprint density at radius 1 is 1.03 bits per heavy atom. The highest BCUT2D eigenvalue weighted by molar-refractivity contribution is 6.32. The number of hydrogen-bond acceptors (Lipinski definition) is 2. The van der Waals surface area contributed by atoms with Gasteiger partial charge in [0.25, 0.3) is 5.91 Å². The maximum absolute atomic E-state index is 13.3. The van der Waals surface area contributed by atoms with Crippen molar-refractivity contribution in [1.82, 2.24) is 5.32 Å². The molecule has 30 heavy (non-hydrogen) atoms. The molecule has 5 heteroatoms. The van der Waals surface area contributed by atoms with Crippen LogP contribution >= 0.6 is 11.6 Å². The molecule has 1 N–H and O–H groups in total. The number of benzene rings is 3. The van der Waals surface area contributed by atoms with E-state index >= 15 is 0 Å². The molecule has 0 saturated heterocycles. The molecule has 0 aliphatic rings. The summed E-state index contributed by atoms with van der Waals surface area (Å²) < 4.78 is 19.1. The normalized spacial score (nSPS) is 11.9. The first kappa shape index (κ1) is 21.8. The molecule has 1 atom stereocenters. The molecule has 156 valence electrons. The summed E-state index contributed by atoms with van der Waals surface area (Å²) in [6.45, 7) is 4.49. The molecule has 0 heterocycles. The average molecular weight is 426 g/mol. The quantitative estimate of drug-likeness (QED) is 0.443. The van der Waals surface area contributed by atoms with Crippen LogP contribution in [0.25, 0.3) is 0 Å². The van der Waals surface area contributed by atoms with E-state index in [0.717, 1.165) is 17.5 Å². The molecule has 0 aliphatic carbocycles. The zero-order chi connectivity index (χ0) is 21.5. The lowest BCUT2D eigenvalue weighted by Crippen LogP contribution is -2.29. The number of hydrogen-bond donors (Lipinski definition) is 1. The third-order valence-electron chi connectivity index (χ3n) is 4.70. The maximum atomic E-state index is 13.3. The highest BCUT2D eigenvalue weighted by atomic mass is 35.5. The van der Waals surface area contributed by atoms with E-state index < -0.39 is 0 Å². The molecular formula is C25H25ClFNO2. The van der Waals surface area contributed by atoms with Gasteiger partial charge in [-0.1, -0.05) is 61.8 Å². The molecule has 0 aliphatic heterocycles. The number of nitrogens with one attached hydrogen (secondary N) is 1. The molecule has 0 saturated carbocycles. The molecule has 0 aromatic heterocycles. The van der Waals surface area contributed by atoms with E-state index in [4.69, 9.17) is 16.3 Å². The summed E-state index contributed by atoms with van der Waals surface area (Å²) in [5.41, 5.74) is 2.30. The number of carbonyl (C=O) groups excluding carboxylic acids is 1. The summed E-state index contributed by atoms with van der Waals surface area (Å²) in [7, 11) is 0. The molecule has 3 rings (SSSR count). The third-order valence-corrected chi connectivity index (χ3v) is 5.02. The standard InChI is InChI=1S/C25H25ClFNO2/c1-17(2)14-23(19-10-12-21(27)13-11-19)28-25(29)20-7-5-6-18(15-20)16-30-24-9-4-3-8-22(24)26/h3-13,15,17,23H,14,16H2,1-2H3,(H,28,29). The van der Waals surface area contributed by atoms with Crippen molar-refractivity contribution < 1.29 is 13.9 Å². The Balaban J connectivity index is 1.71. The Bertz CT molecular complexity index is 988. The predicted molar refractivity (Wildman–Crippen MR) is 118 cm³/mol. The summed E-state index contributed by atoms with van der Waals surface area (Å²) in [4.78, 5) is 12.9. The van der Waals surface area contributed by atoms with Crippen molar-refractivity contribution in [3.05, 3.63) is 100 Å². The lowest BCUT2D eigenvalue weighted by atomic mass is 9.96. The minimum atomic E-state index is -0.292. The Labute approximate surface area is 181 Å². The van der Waals surface area contributed by atoms with Crippen LogP contribution in [0, 0.1) is 11.7 Å². The number of ether oxygens (including phenoxy) is 1. The molecule has 3 aromatic rings. The van der Waals surface area contributed by atoms with Crippen molar-refractivity contribution in [2.75, 3.05) is 0 Å². The Hall–Kier alpha value is -2.85. The van der Waals surface area contributed by atoms with Gasteiger partial charge in [-0.3, -0.25) is 4.79 Å². The Kier molecular flexibility index (Phi) is 7.47. The number of amides is 1. The van der Waals surface area contributed by atoms with E-state index in [2.05, 4.69) is 19.2 Å². The van der Waals surface area contributed by atoms with Gasteiger partial charge in [-0.05, 0) is 59.9 Å². The van der Waals surface area contributed by atoms with E-state index in [1.165, 1.54) is 12.1 Å². The van der Waals surface area contributed by atoms with Gasteiger partial charge in [0.05, 0.1) is 11.1 Å². The van der Waals surface area contributed by atoms with Crippen molar-refractivity contribution in [3.63, 3.8) is 0 Å². The zero-order valence-electron chi connectivity index (χ0n) is 17.1. The van der Waals surface area contributed by atoms with E-state index in [-0.39, 0.29) is 17.8 Å². The fourth-order valence-corrected chi connectivity index (χ4v) is 3.40. The van der Waals surface area contributed by atoms with Crippen LogP contribution in [0.15, 0.2) is 72.8 Å². The zero-order valence-corrected chi connectivity index (χ0v) is 17.8. The Morgan fingerprint density at radius 2 is 1.77 bits per heavy atom. The van der Waals surface area contributed by atoms with Gasteiger partial charge in [-0.25, -0.2) is 4.39 Å². The third kappa shape index (κ3) is 6.07. The molecule has 0 spiro atoms. The minimum Gasteiger partial charge on any atom is -0.487 e. The topological polar surface area (TPSA) is 38.3 Å². The first-order chi connectivity index (χ1) is 14.4. The smallest absolute Gasteiger partial charge is 0.251 e. The van der Waals surface area contributed by atoms with Crippen molar-refractivity contribution >= 4 is 17.5 Å². The molecule has 0 radical (unpaired) electrons. The van der Waals surface area contributed by atoms with Gasteiger partial charge in [-0.15, -0.1) is 0 Å². The lowest BCUT2D eigenvalue weighted by molar-refractivity contribution is 0.0931. The molecule has 0 fully saturated rings. The fraction of sp³-hybridized carbons (Fsp3) is 0.240. The molecular weight excluding hydrogens is 401 g/mol. The SMILES string of the molecule is CC(C)CC(NC(=O)c1cccc(COc2ccccc2Cl)c1)c1ccc(F)cc1. The summed E-state index contributed by atoms with van der Waals surface area (Å²) in [6.07, 6.45) is 0.757. The van der Waals surface area contributed by atoms with Crippen molar-refractivity contribution in [2.45, 2.75) is 32.9 Å². The van der Waals surface area contributed by atoms with Gasteiger partial charge in [0.2, 0.25) is 0 Å². The van der Waals surface area contributed by atoms with Crippen LogP contribution in [0.4, 0.5) is 4.39 Å². The highest BCUT2D eigenvalue weighted by Crippen LogP contribution is 2.25. The minimum absolute atomic E-state index is 0.176. The predicted octanol–water partition coefficient (Wildman–Crippen LogP) is 6.58. The molecule has 1 unspecified atom stereocenters. The summed E-state index contributed by atoms with van der Waals surface area (Å²) >= 11 is 6.13. The van der Waals surface area contributed by atoms with Crippen LogP contribution < -0.4 is 10.1 Å². The number of para-hydroxylation sites is 1. The van der Waals surface area contributed by atoms with Gasteiger partial charge in [0, 0.05) is 5.56 Å². The second-order valence-electron chi connectivity index (χ2n) is 7.63. The van der Waals surface area contributed by atoms with Gasteiger partial charge in [-0.2, -0.15) is 0 Å². The lowest BCUT2D eigenvalue weighted by Gasteiger charge is -2.21. The molecule has 3 nitrogen and oxygen atoms in total.